The zero-order chi connectivity index (χ0) is 14.4. The van der Waals surface area contributed by atoms with Gasteiger partial charge < -0.3 is 10.1 Å². The Balaban J connectivity index is 1.73. The van der Waals surface area contributed by atoms with Crippen molar-refractivity contribution in [3.05, 3.63) is 29.8 Å². The molecule has 1 saturated heterocycles. The van der Waals surface area contributed by atoms with Gasteiger partial charge in [0.05, 0.1) is 6.61 Å². The fraction of sp³-hybridized carbons (Fsp3) is 0.588. The van der Waals surface area contributed by atoms with E-state index in [1.54, 1.807) is 0 Å². The highest BCUT2D eigenvalue weighted by Gasteiger charge is 2.22. The maximum Gasteiger partial charge on any atom is 0.220 e. The third-order valence-electron chi connectivity index (χ3n) is 3.77. The monoisotopic (exact) mass is 275 g/mol. The summed E-state index contributed by atoms with van der Waals surface area (Å²) in [6.07, 6.45) is 4.22. The molecule has 3 heteroatoms. The summed E-state index contributed by atoms with van der Waals surface area (Å²) in [6.45, 7) is 6.05. The summed E-state index contributed by atoms with van der Waals surface area (Å²) >= 11 is 0. The lowest BCUT2D eigenvalue weighted by Crippen LogP contribution is -2.13. The van der Waals surface area contributed by atoms with Crippen LogP contribution >= 0.6 is 0 Å². The van der Waals surface area contributed by atoms with Gasteiger partial charge in [0.2, 0.25) is 5.91 Å². The summed E-state index contributed by atoms with van der Waals surface area (Å²) < 4.78 is 5.74. The van der Waals surface area contributed by atoms with Gasteiger partial charge in [-0.1, -0.05) is 32.4 Å². The highest BCUT2D eigenvalue weighted by atomic mass is 16.5. The van der Waals surface area contributed by atoms with Crippen LogP contribution in [0.3, 0.4) is 0 Å². The number of unbranched alkanes of at least 4 members (excludes halogenated alkanes) is 1. The van der Waals surface area contributed by atoms with E-state index < -0.39 is 0 Å². The molecule has 3 nitrogen and oxygen atoms in total. The van der Waals surface area contributed by atoms with Crippen molar-refractivity contribution in [3.63, 3.8) is 0 Å². The van der Waals surface area contributed by atoms with Gasteiger partial charge in [0.25, 0.3) is 0 Å². The lowest BCUT2D eigenvalue weighted by atomic mass is 9.98. The Hall–Kier alpha value is -1.51. The van der Waals surface area contributed by atoms with Crippen molar-refractivity contribution in [1.82, 2.24) is 5.32 Å². The summed E-state index contributed by atoms with van der Waals surface area (Å²) in [5.74, 6) is 2.18. The van der Waals surface area contributed by atoms with E-state index in [0.29, 0.717) is 12.3 Å². The van der Waals surface area contributed by atoms with Crippen LogP contribution in [0.15, 0.2) is 24.3 Å². The Morgan fingerprint density at radius 1 is 1.25 bits per heavy atom. The van der Waals surface area contributed by atoms with E-state index >= 15 is 0 Å². The van der Waals surface area contributed by atoms with Crippen molar-refractivity contribution in [1.29, 1.82) is 0 Å². The van der Waals surface area contributed by atoms with Gasteiger partial charge >= 0.3 is 0 Å². The molecule has 1 atom stereocenters. The topological polar surface area (TPSA) is 38.3 Å². The van der Waals surface area contributed by atoms with Gasteiger partial charge in [-0.2, -0.15) is 0 Å². The minimum atomic E-state index is 0.153. The molecule has 1 heterocycles. The number of nitrogens with one attached hydrogen (secondary N) is 1. The van der Waals surface area contributed by atoms with Crippen molar-refractivity contribution in [2.45, 2.75) is 45.4 Å². The van der Waals surface area contributed by atoms with Gasteiger partial charge in [0.15, 0.2) is 0 Å². The normalized spacial score (nSPS) is 18.4. The van der Waals surface area contributed by atoms with Crippen molar-refractivity contribution in [2.24, 2.45) is 5.92 Å². The zero-order valence-electron chi connectivity index (χ0n) is 12.5. The van der Waals surface area contributed by atoms with Crippen LogP contribution in [0.25, 0.3) is 0 Å². The number of ether oxygens (including phenoxy) is 1. The molecule has 1 aliphatic heterocycles. The number of benzene rings is 1. The molecule has 0 bridgehead atoms. The number of carbonyl (C=O) groups is 1. The first-order valence-electron chi connectivity index (χ1n) is 7.64. The molecular formula is C17H25NO2. The zero-order valence-corrected chi connectivity index (χ0v) is 12.5. The maximum atomic E-state index is 11.2. The molecule has 0 saturated carbocycles. The lowest BCUT2D eigenvalue weighted by Gasteiger charge is -2.10. The van der Waals surface area contributed by atoms with Crippen LogP contribution in [-0.2, 0) is 4.79 Å². The van der Waals surface area contributed by atoms with Crippen LogP contribution in [0.1, 0.15) is 51.0 Å². The third-order valence-corrected chi connectivity index (χ3v) is 3.77. The summed E-state index contributed by atoms with van der Waals surface area (Å²) in [6, 6.07) is 8.18. The van der Waals surface area contributed by atoms with E-state index in [4.69, 9.17) is 4.74 Å². The number of hydrogen-bond donors (Lipinski definition) is 1. The Labute approximate surface area is 121 Å². The summed E-state index contributed by atoms with van der Waals surface area (Å²) in [4.78, 5) is 11.2. The third kappa shape index (κ3) is 4.55. The molecule has 1 fully saturated rings. The van der Waals surface area contributed by atoms with E-state index in [2.05, 4.69) is 31.3 Å². The van der Waals surface area contributed by atoms with Crippen LogP contribution < -0.4 is 10.1 Å². The van der Waals surface area contributed by atoms with Crippen LogP contribution in [0.2, 0.25) is 0 Å². The minimum absolute atomic E-state index is 0.153. The smallest absolute Gasteiger partial charge is 0.220 e. The second-order valence-electron chi connectivity index (χ2n) is 6.01. The average molecular weight is 275 g/mol. The number of rotatable bonds is 7. The molecule has 110 valence electrons. The lowest BCUT2D eigenvalue weighted by molar-refractivity contribution is -0.119. The van der Waals surface area contributed by atoms with Crippen LogP contribution in [-0.4, -0.2) is 19.1 Å². The van der Waals surface area contributed by atoms with Crippen molar-refractivity contribution in [2.75, 3.05) is 13.2 Å². The molecule has 1 aromatic rings. The molecule has 2 rings (SSSR count). The largest absolute Gasteiger partial charge is 0.494 e. The molecule has 20 heavy (non-hydrogen) atoms. The fourth-order valence-corrected chi connectivity index (χ4v) is 2.52. The molecule has 1 aromatic carbocycles. The van der Waals surface area contributed by atoms with Gasteiger partial charge in [-0.25, -0.2) is 0 Å². The van der Waals surface area contributed by atoms with E-state index in [9.17, 15) is 4.79 Å². The first-order valence-corrected chi connectivity index (χ1v) is 7.64. The van der Waals surface area contributed by atoms with Gasteiger partial charge in [0, 0.05) is 18.9 Å². The Morgan fingerprint density at radius 2 is 2.00 bits per heavy atom. The quantitative estimate of drug-likeness (QED) is 0.773. The molecule has 0 radical (unpaired) electrons. The molecule has 0 aliphatic carbocycles. The molecule has 1 N–H and O–H groups in total. The maximum absolute atomic E-state index is 11.2. The second kappa shape index (κ2) is 7.32. The van der Waals surface area contributed by atoms with Crippen LogP contribution in [0, 0.1) is 5.92 Å². The average Bonchev–Trinajstić information content (AvgIpc) is 2.85. The van der Waals surface area contributed by atoms with Crippen molar-refractivity contribution >= 4 is 5.91 Å². The highest BCUT2D eigenvalue weighted by molar-refractivity contribution is 5.79. The van der Waals surface area contributed by atoms with E-state index in [1.807, 2.05) is 12.1 Å². The summed E-state index contributed by atoms with van der Waals surface area (Å²) in [5.41, 5.74) is 1.22. The van der Waals surface area contributed by atoms with Crippen molar-refractivity contribution < 1.29 is 9.53 Å². The molecule has 1 amide bonds. The molecule has 1 aliphatic rings. The molecular weight excluding hydrogens is 250 g/mol. The molecule has 1 unspecified atom stereocenters. The first kappa shape index (κ1) is 14.9. The van der Waals surface area contributed by atoms with E-state index in [1.165, 1.54) is 18.4 Å². The molecule has 0 spiro atoms. The van der Waals surface area contributed by atoms with Gasteiger partial charge in [0.1, 0.15) is 5.75 Å². The number of amides is 1. The first-order chi connectivity index (χ1) is 9.65. The fourth-order valence-electron chi connectivity index (χ4n) is 2.52. The van der Waals surface area contributed by atoms with Crippen LogP contribution in [0.5, 0.6) is 5.75 Å². The number of hydrogen-bond acceptors (Lipinski definition) is 2. The standard InChI is InChI=1S/C17H25NO2/c1-13(2)5-3-4-10-20-16-8-6-14(7-9-16)15-11-17(19)18-12-15/h6-9,13,15H,3-5,10-12H2,1-2H3,(H,18,19). The van der Waals surface area contributed by atoms with Gasteiger partial charge in [-0.15, -0.1) is 0 Å². The molecule has 0 aromatic heterocycles. The Morgan fingerprint density at radius 3 is 2.60 bits per heavy atom. The van der Waals surface area contributed by atoms with E-state index in [-0.39, 0.29) is 5.91 Å². The van der Waals surface area contributed by atoms with E-state index in [0.717, 1.165) is 31.2 Å². The minimum Gasteiger partial charge on any atom is -0.494 e. The Bertz CT molecular complexity index is 425. The van der Waals surface area contributed by atoms with Crippen LogP contribution in [0.4, 0.5) is 0 Å². The Kier molecular flexibility index (Phi) is 5.45. The predicted octanol–water partition coefficient (Wildman–Crippen LogP) is 3.50. The summed E-state index contributed by atoms with van der Waals surface area (Å²) in [5, 5.41) is 2.87. The highest BCUT2D eigenvalue weighted by Crippen LogP contribution is 2.25. The SMILES string of the molecule is CC(C)CCCCOc1ccc(C2CNC(=O)C2)cc1. The predicted molar refractivity (Wildman–Crippen MR) is 81.0 cm³/mol. The number of carbonyl (C=O) groups excluding carboxylic acids is 1. The second-order valence-corrected chi connectivity index (χ2v) is 6.01. The summed E-state index contributed by atoms with van der Waals surface area (Å²) in [7, 11) is 0. The van der Waals surface area contributed by atoms with Crippen molar-refractivity contribution in [3.8, 4) is 5.75 Å². The van der Waals surface area contributed by atoms with Gasteiger partial charge in [-0.05, 0) is 36.5 Å². The van der Waals surface area contributed by atoms with Gasteiger partial charge in [-0.3, -0.25) is 4.79 Å².